The van der Waals surface area contributed by atoms with E-state index in [4.69, 9.17) is 4.74 Å². The lowest BCUT2D eigenvalue weighted by atomic mass is 10.0. The van der Waals surface area contributed by atoms with Crippen molar-refractivity contribution < 1.29 is 18.7 Å². The minimum atomic E-state index is -0.510. The second-order valence-electron chi connectivity index (χ2n) is 6.83. The summed E-state index contributed by atoms with van der Waals surface area (Å²) in [6.07, 6.45) is 1.29. The molecule has 0 aromatic heterocycles. The van der Waals surface area contributed by atoms with Crippen LogP contribution in [0.25, 0.3) is 11.1 Å². The number of ether oxygens (including phenoxy) is 1. The van der Waals surface area contributed by atoms with E-state index in [0.29, 0.717) is 37.3 Å². The van der Waals surface area contributed by atoms with Crippen LogP contribution in [0.15, 0.2) is 55.2 Å². The highest BCUT2D eigenvalue weighted by Crippen LogP contribution is 2.29. The lowest BCUT2D eigenvalue weighted by molar-refractivity contribution is -0.119. The minimum Gasteiger partial charge on any atom is -0.444 e. The van der Waals surface area contributed by atoms with E-state index in [2.05, 4.69) is 17.2 Å². The third-order valence-corrected chi connectivity index (χ3v) is 4.69. The van der Waals surface area contributed by atoms with Crippen molar-refractivity contribution in [3.05, 3.63) is 66.6 Å². The van der Waals surface area contributed by atoms with Crippen molar-refractivity contribution in [2.24, 2.45) is 0 Å². The first-order valence-electron chi connectivity index (χ1n) is 9.43. The first-order chi connectivity index (χ1) is 14.0. The summed E-state index contributed by atoms with van der Waals surface area (Å²) in [7, 11) is 0. The number of amides is 2. The molecule has 1 aliphatic rings. The molecule has 6 nitrogen and oxygen atoms in total. The second-order valence-corrected chi connectivity index (χ2v) is 6.83. The molecule has 3 rings (SSSR count). The Labute approximate surface area is 169 Å². The third kappa shape index (κ3) is 5.13. The number of rotatable bonds is 8. The van der Waals surface area contributed by atoms with Crippen LogP contribution in [0.3, 0.4) is 0 Å². The molecule has 0 unspecified atom stereocenters. The van der Waals surface area contributed by atoms with Gasteiger partial charge in [-0.3, -0.25) is 9.69 Å². The fourth-order valence-corrected chi connectivity index (χ4v) is 3.19. The Morgan fingerprint density at radius 3 is 2.72 bits per heavy atom. The molecule has 7 heteroatoms. The monoisotopic (exact) mass is 397 g/mol. The first kappa shape index (κ1) is 20.4. The molecule has 0 aliphatic carbocycles. The normalized spacial score (nSPS) is 15.7. The van der Waals surface area contributed by atoms with Gasteiger partial charge in [0.15, 0.2) is 0 Å². The Morgan fingerprint density at radius 1 is 1.31 bits per heavy atom. The van der Waals surface area contributed by atoms with Crippen LogP contribution in [0.1, 0.15) is 18.9 Å². The average molecular weight is 397 g/mol. The molecule has 2 aromatic carbocycles. The molecule has 2 amide bonds. The molecule has 1 atom stereocenters. The summed E-state index contributed by atoms with van der Waals surface area (Å²) >= 11 is 0. The fraction of sp³-hybridized carbons (Fsp3) is 0.273. The van der Waals surface area contributed by atoms with Crippen LogP contribution in [-0.2, 0) is 16.1 Å². The molecule has 1 aliphatic heterocycles. The van der Waals surface area contributed by atoms with Crippen molar-refractivity contribution in [1.82, 2.24) is 10.6 Å². The van der Waals surface area contributed by atoms with E-state index in [1.165, 1.54) is 17.9 Å². The molecule has 29 heavy (non-hydrogen) atoms. The molecule has 152 valence electrons. The van der Waals surface area contributed by atoms with E-state index >= 15 is 0 Å². The molecule has 0 saturated carbocycles. The lowest BCUT2D eigenvalue weighted by Gasteiger charge is -2.14. The highest BCUT2D eigenvalue weighted by molar-refractivity contribution is 5.90. The topological polar surface area (TPSA) is 70.7 Å². The van der Waals surface area contributed by atoms with Crippen molar-refractivity contribution in [3.8, 4) is 11.1 Å². The zero-order chi connectivity index (χ0) is 20.8. The molecule has 0 bridgehead atoms. The van der Waals surface area contributed by atoms with E-state index in [-0.39, 0.29) is 12.0 Å². The number of benzene rings is 2. The summed E-state index contributed by atoms with van der Waals surface area (Å²) in [6, 6.07) is 12.3. The number of nitrogens with one attached hydrogen (secondary N) is 2. The molecule has 2 N–H and O–H groups in total. The molecule has 2 aromatic rings. The number of anilines is 1. The molecule has 0 radical (unpaired) electrons. The number of halogens is 1. The van der Waals surface area contributed by atoms with Gasteiger partial charge in [-0.1, -0.05) is 30.8 Å². The Balaban J connectivity index is 1.68. The Morgan fingerprint density at radius 2 is 2.07 bits per heavy atom. The van der Waals surface area contributed by atoms with Crippen LogP contribution in [0.2, 0.25) is 0 Å². The number of carbonyl (C=O) groups is 2. The van der Waals surface area contributed by atoms with Crippen LogP contribution in [-0.4, -0.2) is 31.2 Å². The third-order valence-electron chi connectivity index (χ3n) is 4.69. The molecule has 0 spiro atoms. The summed E-state index contributed by atoms with van der Waals surface area (Å²) < 4.78 is 20.1. The molecule has 1 saturated heterocycles. The van der Waals surface area contributed by atoms with Gasteiger partial charge < -0.3 is 15.4 Å². The van der Waals surface area contributed by atoms with Crippen LogP contribution >= 0.6 is 0 Å². The van der Waals surface area contributed by atoms with Crippen molar-refractivity contribution in [1.29, 1.82) is 0 Å². The summed E-state index contributed by atoms with van der Waals surface area (Å²) in [6.45, 7) is 6.45. The van der Waals surface area contributed by atoms with Crippen LogP contribution in [0, 0.1) is 5.82 Å². The standard InChI is InChI=1S/C22H24FN3O3/c1-3-24-13-16-4-6-17(7-5-16)20-9-8-18(12-21(20)23)26-14-19(29-22(26)28)10-11-25-15(2)27/h3-9,12,19,24H,1,10-11,13-14H2,2H3,(H,25,27)/t19-/m0/s1. The maximum absolute atomic E-state index is 14.8. The summed E-state index contributed by atoms with van der Waals surface area (Å²) in [4.78, 5) is 24.5. The van der Waals surface area contributed by atoms with Gasteiger partial charge in [0.1, 0.15) is 11.9 Å². The van der Waals surface area contributed by atoms with E-state index in [1.807, 2.05) is 24.3 Å². The Kier molecular flexibility index (Phi) is 6.49. The lowest BCUT2D eigenvalue weighted by Crippen LogP contribution is -2.27. The van der Waals surface area contributed by atoms with Gasteiger partial charge in [-0.25, -0.2) is 9.18 Å². The minimum absolute atomic E-state index is 0.131. The van der Waals surface area contributed by atoms with Crippen LogP contribution in [0.4, 0.5) is 14.9 Å². The predicted molar refractivity (Wildman–Crippen MR) is 110 cm³/mol. The van der Waals surface area contributed by atoms with Crippen LogP contribution < -0.4 is 15.5 Å². The number of nitrogens with zero attached hydrogens (tertiary/aromatic N) is 1. The quantitative estimate of drug-likeness (QED) is 0.714. The maximum Gasteiger partial charge on any atom is 0.414 e. The molecule has 1 fully saturated rings. The molecule has 1 heterocycles. The molecular formula is C22H24FN3O3. The smallest absolute Gasteiger partial charge is 0.414 e. The second kappa shape index (κ2) is 9.23. The van der Waals surface area contributed by atoms with Gasteiger partial charge in [-0.05, 0) is 35.5 Å². The van der Waals surface area contributed by atoms with Crippen molar-refractivity contribution in [2.45, 2.75) is 26.0 Å². The van der Waals surface area contributed by atoms with Gasteiger partial charge in [0.05, 0.1) is 12.2 Å². The van der Waals surface area contributed by atoms with E-state index < -0.39 is 11.9 Å². The largest absolute Gasteiger partial charge is 0.444 e. The Hall–Kier alpha value is -3.35. The highest BCUT2D eigenvalue weighted by Gasteiger charge is 2.32. The summed E-state index contributed by atoms with van der Waals surface area (Å²) in [5.74, 6) is -0.539. The number of carbonyl (C=O) groups excluding carboxylic acids is 2. The zero-order valence-electron chi connectivity index (χ0n) is 16.3. The van der Waals surface area contributed by atoms with E-state index in [0.717, 1.165) is 11.1 Å². The first-order valence-corrected chi connectivity index (χ1v) is 9.43. The van der Waals surface area contributed by atoms with Gasteiger partial charge >= 0.3 is 6.09 Å². The van der Waals surface area contributed by atoms with Crippen molar-refractivity contribution in [2.75, 3.05) is 18.0 Å². The number of hydrogen-bond acceptors (Lipinski definition) is 4. The van der Waals surface area contributed by atoms with E-state index in [9.17, 15) is 14.0 Å². The van der Waals surface area contributed by atoms with Gasteiger partial charge in [-0.15, -0.1) is 0 Å². The number of cyclic esters (lactones) is 1. The molecular weight excluding hydrogens is 373 g/mol. The zero-order valence-corrected chi connectivity index (χ0v) is 16.3. The van der Waals surface area contributed by atoms with Gasteiger partial charge in [0.25, 0.3) is 0 Å². The maximum atomic E-state index is 14.8. The van der Waals surface area contributed by atoms with Crippen molar-refractivity contribution in [3.63, 3.8) is 0 Å². The van der Waals surface area contributed by atoms with Gasteiger partial charge in [0.2, 0.25) is 5.91 Å². The number of hydrogen-bond donors (Lipinski definition) is 2. The Bertz CT molecular complexity index is 899. The predicted octanol–water partition coefficient (Wildman–Crippen LogP) is 3.58. The SMILES string of the molecule is C=CNCc1ccc(-c2ccc(N3C[C@H](CCNC(C)=O)OC3=O)cc2F)cc1. The van der Waals surface area contributed by atoms with Crippen molar-refractivity contribution >= 4 is 17.7 Å². The summed E-state index contributed by atoms with van der Waals surface area (Å²) in [5, 5.41) is 5.69. The van der Waals surface area contributed by atoms with Gasteiger partial charge in [-0.2, -0.15) is 0 Å². The fourth-order valence-electron chi connectivity index (χ4n) is 3.19. The van der Waals surface area contributed by atoms with Gasteiger partial charge in [0, 0.05) is 32.0 Å². The van der Waals surface area contributed by atoms with Crippen LogP contribution in [0.5, 0.6) is 0 Å². The van der Waals surface area contributed by atoms with E-state index in [1.54, 1.807) is 18.3 Å². The highest BCUT2D eigenvalue weighted by atomic mass is 19.1. The summed E-state index contributed by atoms with van der Waals surface area (Å²) in [5.41, 5.74) is 2.74. The average Bonchev–Trinajstić information content (AvgIpc) is 3.07.